The van der Waals surface area contributed by atoms with Crippen LogP contribution in [0.15, 0.2) is 35.1 Å². The van der Waals surface area contributed by atoms with Crippen molar-refractivity contribution in [2.24, 2.45) is 0 Å². The van der Waals surface area contributed by atoms with E-state index in [-0.39, 0.29) is 23.6 Å². The summed E-state index contributed by atoms with van der Waals surface area (Å²) in [4.78, 5) is 26.6. The lowest BCUT2D eigenvalue weighted by Crippen LogP contribution is -2.44. The van der Waals surface area contributed by atoms with Gasteiger partial charge in [0.25, 0.3) is 5.91 Å². The first-order valence-electron chi connectivity index (χ1n) is 9.59. The van der Waals surface area contributed by atoms with Crippen molar-refractivity contribution in [3.63, 3.8) is 0 Å². The van der Waals surface area contributed by atoms with Crippen molar-refractivity contribution in [1.29, 1.82) is 0 Å². The summed E-state index contributed by atoms with van der Waals surface area (Å²) >= 11 is 0. The van der Waals surface area contributed by atoms with Gasteiger partial charge in [-0.2, -0.15) is 5.10 Å². The predicted octanol–water partition coefficient (Wildman–Crippen LogP) is 2.14. The molecule has 0 spiro atoms. The van der Waals surface area contributed by atoms with Gasteiger partial charge in [0.1, 0.15) is 11.9 Å². The van der Waals surface area contributed by atoms with Crippen LogP contribution >= 0.6 is 0 Å². The van der Waals surface area contributed by atoms with Gasteiger partial charge in [-0.05, 0) is 39.2 Å². The fourth-order valence-corrected chi connectivity index (χ4v) is 3.64. The highest BCUT2D eigenvalue weighted by molar-refractivity contribution is 5.80. The van der Waals surface area contributed by atoms with Crippen LogP contribution in [0.5, 0.6) is 0 Å². The molecule has 1 N–H and O–H groups in total. The van der Waals surface area contributed by atoms with Gasteiger partial charge in [-0.15, -0.1) is 0 Å². The van der Waals surface area contributed by atoms with Crippen molar-refractivity contribution in [1.82, 2.24) is 19.7 Å². The van der Waals surface area contributed by atoms with Crippen LogP contribution < -0.4 is 5.69 Å². The molecule has 1 saturated heterocycles. The smallest absolute Gasteiger partial charge is 0.343 e. The van der Waals surface area contributed by atoms with E-state index in [0.29, 0.717) is 19.6 Å². The molecule has 7 heteroatoms. The molecule has 1 aromatic carbocycles. The van der Waals surface area contributed by atoms with Crippen LogP contribution in [-0.4, -0.2) is 50.9 Å². The van der Waals surface area contributed by atoms with Gasteiger partial charge >= 0.3 is 5.69 Å². The number of aromatic amines is 1. The molecular formula is C20H28N4O3. The SMILES string of the molecule is CC(C)O[C@H](C)C(=O)N1CCC(c2n[nH]c(=O)n2Cc2ccccc2)CC1. The summed E-state index contributed by atoms with van der Waals surface area (Å²) in [6.45, 7) is 7.48. The summed E-state index contributed by atoms with van der Waals surface area (Å²) < 4.78 is 7.32. The highest BCUT2D eigenvalue weighted by Gasteiger charge is 2.30. The molecule has 1 aromatic heterocycles. The zero-order valence-corrected chi connectivity index (χ0v) is 16.2. The zero-order valence-electron chi connectivity index (χ0n) is 16.2. The number of rotatable bonds is 6. The molecule has 2 heterocycles. The number of aromatic nitrogens is 3. The Morgan fingerprint density at radius 2 is 1.89 bits per heavy atom. The summed E-state index contributed by atoms with van der Waals surface area (Å²) in [5.74, 6) is 0.978. The lowest BCUT2D eigenvalue weighted by atomic mass is 9.95. The topological polar surface area (TPSA) is 80.2 Å². The molecule has 0 unspecified atom stereocenters. The lowest BCUT2D eigenvalue weighted by molar-refractivity contribution is -0.146. The van der Waals surface area contributed by atoms with Gasteiger partial charge in [0.15, 0.2) is 0 Å². The number of H-pyrrole nitrogens is 1. The number of carbonyl (C=O) groups is 1. The number of benzene rings is 1. The van der Waals surface area contributed by atoms with E-state index >= 15 is 0 Å². The van der Waals surface area contributed by atoms with E-state index in [9.17, 15) is 9.59 Å². The zero-order chi connectivity index (χ0) is 19.4. The fourth-order valence-electron chi connectivity index (χ4n) is 3.64. The van der Waals surface area contributed by atoms with E-state index in [1.54, 1.807) is 11.5 Å². The van der Waals surface area contributed by atoms with Crippen molar-refractivity contribution in [2.75, 3.05) is 13.1 Å². The molecule has 1 amide bonds. The molecular weight excluding hydrogens is 344 g/mol. The number of carbonyl (C=O) groups excluding carboxylic acids is 1. The Balaban J connectivity index is 1.65. The third kappa shape index (κ3) is 4.66. The average molecular weight is 372 g/mol. The molecule has 7 nitrogen and oxygen atoms in total. The van der Waals surface area contributed by atoms with Crippen LogP contribution in [0.2, 0.25) is 0 Å². The van der Waals surface area contributed by atoms with E-state index < -0.39 is 6.10 Å². The Labute approximate surface area is 159 Å². The number of hydrogen-bond acceptors (Lipinski definition) is 4. The minimum atomic E-state index is -0.428. The monoisotopic (exact) mass is 372 g/mol. The maximum Gasteiger partial charge on any atom is 0.343 e. The lowest BCUT2D eigenvalue weighted by Gasteiger charge is -2.33. The molecule has 1 aliphatic rings. The summed E-state index contributed by atoms with van der Waals surface area (Å²) in [5, 5.41) is 6.86. The summed E-state index contributed by atoms with van der Waals surface area (Å²) in [5.41, 5.74) is 0.876. The van der Waals surface area contributed by atoms with Crippen LogP contribution in [0.25, 0.3) is 0 Å². The normalized spacial score (nSPS) is 16.7. The van der Waals surface area contributed by atoms with Crippen LogP contribution in [0, 0.1) is 0 Å². The Bertz CT molecular complexity index is 804. The van der Waals surface area contributed by atoms with Gasteiger partial charge in [-0.25, -0.2) is 9.89 Å². The Morgan fingerprint density at radius 1 is 1.22 bits per heavy atom. The van der Waals surface area contributed by atoms with Crippen LogP contribution in [-0.2, 0) is 16.1 Å². The second kappa shape index (κ2) is 8.52. The summed E-state index contributed by atoms with van der Waals surface area (Å²) in [6.07, 6.45) is 1.18. The summed E-state index contributed by atoms with van der Waals surface area (Å²) in [7, 11) is 0. The average Bonchev–Trinajstić information content (AvgIpc) is 3.02. The van der Waals surface area contributed by atoms with E-state index in [1.165, 1.54) is 0 Å². The van der Waals surface area contributed by atoms with Gasteiger partial charge in [0, 0.05) is 19.0 Å². The second-order valence-corrected chi connectivity index (χ2v) is 7.39. The van der Waals surface area contributed by atoms with Gasteiger partial charge in [-0.1, -0.05) is 30.3 Å². The highest BCUT2D eigenvalue weighted by Crippen LogP contribution is 2.26. The molecule has 0 radical (unpaired) electrons. The van der Waals surface area contributed by atoms with Gasteiger partial charge in [-0.3, -0.25) is 9.36 Å². The number of hydrogen-bond donors (Lipinski definition) is 1. The molecule has 3 rings (SSSR count). The summed E-state index contributed by atoms with van der Waals surface area (Å²) in [6, 6.07) is 9.88. The number of likely N-dealkylation sites (tertiary alicyclic amines) is 1. The predicted molar refractivity (Wildman–Crippen MR) is 103 cm³/mol. The second-order valence-electron chi connectivity index (χ2n) is 7.39. The van der Waals surface area contributed by atoms with E-state index in [0.717, 1.165) is 24.2 Å². The Kier molecular flexibility index (Phi) is 6.11. The largest absolute Gasteiger partial charge is 0.366 e. The number of nitrogens with zero attached hydrogens (tertiary/aromatic N) is 3. The number of ether oxygens (including phenoxy) is 1. The number of amides is 1. The third-order valence-electron chi connectivity index (χ3n) is 4.97. The van der Waals surface area contributed by atoms with Crippen molar-refractivity contribution in [3.8, 4) is 0 Å². The van der Waals surface area contributed by atoms with Crippen molar-refractivity contribution >= 4 is 5.91 Å². The maximum atomic E-state index is 12.5. The van der Waals surface area contributed by atoms with Crippen molar-refractivity contribution in [3.05, 3.63) is 52.2 Å². The Morgan fingerprint density at radius 3 is 2.52 bits per heavy atom. The first kappa shape index (κ1) is 19.4. The molecule has 1 fully saturated rings. The van der Waals surface area contributed by atoms with E-state index in [1.807, 2.05) is 49.1 Å². The number of nitrogens with one attached hydrogen (secondary N) is 1. The minimum Gasteiger partial charge on any atom is -0.366 e. The molecule has 0 saturated carbocycles. The van der Waals surface area contributed by atoms with E-state index in [2.05, 4.69) is 10.2 Å². The third-order valence-corrected chi connectivity index (χ3v) is 4.97. The highest BCUT2D eigenvalue weighted by atomic mass is 16.5. The fraction of sp³-hybridized carbons (Fsp3) is 0.550. The molecule has 1 aliphatic heterocycles. The molecule has 2 aromatic rings. The number of piperidine rings is 1. The maximum absolute atomic E-state index is 12.5. The quantitative estimate of drug-likeness (QED) is 0.842. The Hall–Kier alpha value is -2.41. The van der Waals surface area contributed by atoms with Crippen molar-refractivity contribution < 1.29 is 9.53 Å². The van der Waals surface area contributed by atoms with Gasteiger partial charge < -0.3 is 9.64 Å². The minimum absolute atomic E-state index is 0.0259. The molecule has 146 valence electrons. The molecule has 1 atom stereocenters. The molecule has 0 aliphatic carbocycles. The van der Waals surface area contributed by atoms with Gasteiger partial charge in [0.05, 0.1) is 12.6 Å². The first-order valence-corrected chi connectivity index (χ1v) is 9.59. The standard InChI is InChI=1S/C20H28N4O3/c1-14(2)27-15(3)19(25)23-11-9-17(10-12-23)18-21-22-20(26)24(18)13-16-7-5-4-6-8-16/h4-8,14-15,17H,9-13H2,1-3H3,(H,22,26)/t15-/m1/s1. The van der Waals surface area contributed by atoms with Crippen LogP contribution in [0.3, 0.4) is 0 Å². The van der Waals surface area contributed by atoms with E-state index in [4.69, 9.17) is 4.74 Å². The van der Waals surface area contributed by atoms with Crippen LogP contribution in [0.1, 0.15) is 50.9 Å². The first-order chi connectivity index (χ1) is 13.0. The molecule has 0 bridgehead atoms. The van der Waals surface area contributed by atoms with Crippen molar-refractivity contribution in [2.45, 2.75) is 58.3 Å². The van der Waals surface area contributed by atoms with Gasteiger partial charge in [0.2, 0.25) is 0 Å². The molecule has 27 heavy (non-hydrogen) atoms. The van der Waals surface area contributed by atoms with Crippen LogP contribution in [0.4, 0.5) is 0 Å².